The second-order valence-electron chi connectivity index (χ2n) is 4.28. The van der Waals surface area contributed by atoms with Gasteiger partial charge in [0, 0.05) is 11.3 Å². The van der Waals surface area contributed by atoms with Crippen LogP contribution in [0.4, 0.5) is 5.69 Å². The fraction of sp³-hybridized carbons (Fsp3) is 0.455. The van der Waals surface area contributed by atoms with Gasteiger partial charge in [-0.3, -0.25) is 0 Å². The van der Waals surface area contributed by atoms with Crippen LogP contribution in [-0.4, -0.2) is 26.0 Å². The van der Waals surface area contributed by atoms with Gasteiger partial charge < -0.3 is 5.32 Å². The van der Waals surface area contributed by atoms with Crippen molar-refractivity contribution in [3.8, 4) is 0 Å². The summed E-state index contributed by atoms with van der Waals surface area (Å²) in [7, 11) is -3.66. The maximum absolute atomic E-state index is 11.4. The van der Waals surface area contributed by atoms with Crippen LogP contribution in [0, 0.1) is 0 Å². The number of rotatable bonds is 5. The van der Waals surface area contributed by atoms with Crippen molar-refractivity contribution in [3.63, 3.8) is 0 Å². The largest absolute Gasteiger partial charge is 0.383 e. The summed E-state index contributed by atoms with van der Waals surface area (Å²) in [5.41, 5.74) is 0.593. The van der Waals surface area contributed by atoms with Gasteiger partial charge in [0.25, 0.3) is 0 Å². The van der Waals surface area contributed by atoms with E-state index in [4.69, 9.17) is 5.14 Å². The van der Waals surface area contributed by atoms with E-state index in [1.165, 1.54) is 18.9 Å². The topological polar surface area (TPSA) is 72.2 Å². The first-order valence-electron chi connectivity index (χ1n) is 5.38. The lowest BCUT2D eigenvalue weighted by Crippen LogP contribution is -2.20. The predicted octanol–water partition coefficient (Wildman–Crippen LogP) is 1.64. The number of hydrogen-bond acceptors (Lipinski definition) is 4. The van der Waals surface area contributed by atoms with Gasteiger partial charge in [-0.05, 0) is 31.2 Å². The van der Waals surface area contributed by atoms with Gasteiger partial charge >= 0.3 is 0 Å². The molecule has 1 aromatic rings. The summed E-state index contributed by atoms with van der Waals surface area (Å²) < 4.78 is 23.1. The minimum absolute atomic E-state index is 0.164. The second-order valence-corrected chi connectivity index (χ2v) is 7.09. The molecule has 4 nitrogen and oxygen atoms in total. The predicted molar refractivity (Wildman–Crippen MR) is 71.8 cm³/mol. The highest BCUT2D eigenvalue weighted by molar-refractivity contribution is 8.00. The number of anilines is 1. The Hall–Kier alpha value is -0.720. The van der Waals surface area contributed by atoms with Crippen molar-refractivity contribution in [2.45, 2.75) is 22.5 Å². The summed E-state index contributed by atoms with van der Waals surface area (Å²) in [6.45, 7) is 0.778. The van der Waals surface area contributed by atoms with E-state index < -0.39 is 10.0 Å². The molecule has 94 valence electrons. The Kier molecular flexibility index (Phi) is 3.38. The van der Waals surface area contributed by atoms with Gasteiger partial charge in [-0.1, -0.05) is 12.1 Å². The number of para-hydroxylation sites is 1. The van der Waals surface area contributed by atoms with Crippen LogP contribution in [0.15, 0.2) is 29.2 Å². The van der Waals surface area contributed by atoms with Crippen molar-refractivity contribution in [1.29, 1.82) is 0 Å². The van der Waals surface area contributed by atoms with Crippen molar-refractivity contribution < 1.29 is 8.42 Å². The number of sulfonamides is 1. The molecule has 1 aliphatic carbocycles. The maximum atomic E-state index is 11.4. The fourth-order valence-electron chi connectivity index (χ4n) is 1.71. The third-order valence-electron chi connectivity index (χ3n) is 3.04. The van der Waals surface area contributed by atoms with Crippen molar-refractivity contribution in [2.24, 2.45) is 5.14 Å². The van der Waals surface area contributed by atoms with E-state index >= 15 is 0 Å². The average Bonchev–Trinajstić information content (AvgIpc) is 3.06. The van der Waals surface area contributed by atoms with Crippen LogP contribution in [-0.2, 0) is 10.0 Å². The summed E-state index contributed by atoms with van der Waals surface area (Å²) in [5, 5.41) is 8.37. The number of nitrogens with one attached hydrogen (secondary N) is 1. The van der Waals surface area contributed by atoms with E-state index in [2.05, 4.69) is 11.6 Å². The Morgan fingerprint density at radius 1 is 1.41 bits per heavy atom. The van der Waals surface area contributed by atoms with Gasteiger partial charge in [0.05, 0.1) is 5.69 Å². The minimum Gasteiger partial charge on any atom is -0.383 e. The molecule has 0 unspecified atom stereocenters. The number of nitrogens with two attached hydrogens (primary N) is 1. The van der Waals surface area contributed by atoms with Crippen molar-refractivity contribution in [2.75, 3.05) is 18.1 Å². The van der Waals surface area contributed by atoms with Crippen LogP contribution in [0.1, 0.15) is 12.8 Å². The summed E-state index contributed by atoms with van der Waals surface area (Å²) in [4.78, 5) is 0.164. The van der Waals surface area contributed by atoms with E-state index in [0.717, 1.165) is 6.54 Å². The van der Waals surface area contributed by atoms with Crippen LogP contribution >= 0.6 is 11.8 Å². The Bertz CT molecular complexity index is 510. The van der Waals surface area contributed by atoms with Crippen LogP contribution in [0.5, 0.6) is 0 Å². The maximum Gasteiger partial charge on any atom is 0.240 e. The van der Waals surface area contributed by atoms with Crippen LogP contribution in [0.3, 0.4) is 0 Å². The van der Waals surface area contributed by atoms with Crippen molar-refractivity contribution >= 4 is 27.5 Å². The average molecular weight is 272 g/mol. The second kappa shape index (κ2) is 4.51. The molecule has 1 fully saturated rings. The standard InChI is InChI=1S/C11H16N2O2S2/c1-16-11(6-7-11)8-13-9-4-2-3-5-10(9)17(12,14)15/h2-5,13H,6-8H2,1H3,(H2,12,14,15). The lowest BCUT2D eigenvalue weighted by molar-refractivity contribution is 0.598. The third kappa shape index (κ3) is 2.94. The number of thioether (sulfide) groups is 1. The van der Waals surface area contributed by atoms with Gasteiger partial charge in [0.2, 0.25) is 10.0 Å². The molecule has 0 spiro atoms. The molecule has 1 aliphatic rings. The number of primary sulfonamides is 1. The molecule has 3 N–H and O–H groups in total. The van der Waals surface area contributed by atoms with Crippen LogP contribution in [0.2, 0.25) is 0 Å². The SMILES string of the molecule is CSC1(CNc2ccccc2S(N)(=O)=O)CC1. The molecule has 17 heavy (non-hydrogen) atoms. The molecule has 0 amide bonds. The van der Waals surface area contributed by atoms with Crippen molar-refractivity contribution in [1.82, 2.24) is 0 Å². The van der Waals surface area contributed by atoms with Gasteiger partial charge in [-0.25, -0.2) is 13.6 Å². The highest BCUT2D eigenvalue weighted by Gasteiger charge is 2.41. The lowest BCUT2D eigenvalue weighted by Gasteiger charge is -2.15. The Balaban J connectivity index is 2.16. The molecule has 0 bridgehead atoms. The normalized spacial score (nSPS) is 17.8. The molecule has 6 heteroatoms. The van der Waals surface area contributed by atoms with E-state index in [9.17, 15) is 8.42 Å². The fourth-order valence-corrected chi connectivity index (χ4v) is 3.15. The molecule has 0 radical (unpaired) electrons. The molecule has 0 saturated heterocycles. The highest BCUT2D eigenvalue weighted by Crippen LogP contribution is 2.47. The third-order valence-corrected chi connectivity index (χ3v) is 5.42. The number of benzene rings is 1. The molecule has 0 atom stereocenters. The Labute approximate surface area is 106 Å². The summed E-state index contributed by atoms with van der Waals surface area (Å²) in [5.74, 6) is 0. The first kappa shape index (κ1) is 12.7. The van der Waals surface area contributed by atoms with E-state index in [1.54, 1.807) is 18.2 Å². The molecule has 2 rings (SSSR count). The van der Waals surface area contributed by atoms with Crippen molar-refractivity contribution in [3.05, 3.63) is 24.3 Å². The molecular weight excluding hydrogens is 256 g/mol. The van der Waals surface area contributed by atoms with E-state index in [0.29, 0.717) is 5.69 Å². The van der Waals surface area contributed by atoms with Crippen LogP contribution in [0.25, 0.3) is 0 Å². The molecule has 1 aromatic carbocycles. The zero-order chi connectivity index (χ0) is 12.5. The van der Waals surface area contributed by atoms with Crippen LogP contribution < -0.4 is 10.5 Å². The summed E-state index contributed by atoms with van der Waals surface area (Å²) in [6.07, 6.45) is 4.44. The summed E-state index contributed by atoms with van der Waals surface area (Å²) >= 11 is 1.83. The first-order valence-corrected chi connectivity index (χ1v) is 8.15. The highest BCUT2D eigenvalue weighted by atomic mass is 32.2. The number of hydrogen-bond donors (Lipinski definition) is 2. The molecule has 0 aromatic heterocycles. The van der Waals surface area contributed by atoms with Gasteiger partial charge in [0.1, 0.15) is 4.90 Å². The quantitative estimate of drug-likeness (QED) is 0.854. The molecule has 1 saturated carbocycles. The van der Waals surface area contributed by atoms with E-state index in [1.807, 2.05) is 11.8 Å². The zero-order valence-electron chi connectivity index (χ0n) is 9.64. The monoisotopic (exact) mass is 272 g/mol. The van der Waals surface area contributed by atoms with Gasteiger partial charge in [-0.15, -0.1) is 0 Å². The zero-order valence-corrected chi connectivity index (χ0v) is 11.3. The minimum atomic E-state index is -3.66. The Morgan fingerprint density at radius 3 is 2.59 bits per heavy atom. The first-order chi connectivity index (χ1) is 7.97. The molecule has 0 aliphatic heterocycles. The molecule has 0 heterocycles. The van der Waals surface area contributed by atoms with Gasteiger partial charge in [0.15, 0.2) is 0 Å². The Morgan fingerprint density at radius 2 is 2.06 bits per heavy atom. The van der Waals surface area contributed by atoms with E-state index in [-0.39, 0.29) is 9.64 Å². The summed E-state index contributed by atoms with van der Waals surface area (Å²) in [6, 6.07) is 6.74. The molecular formula is C11H16N2O2S2. The smallest absolute Gasteiger partial charge is 0.240 e. The van der Waals surface area contributed by atoms with Gasteiger partial charge in [-0.2, -0.15) is 11.8 Å². The lowest BCUT2D eigenvalue weighted by atomic mass is 10.3.